The normalized spacial score (nSPS) is 12.0. The van der Waals surface area contributed by atoms with Crippen molar-refractivity contribution >= 4 is 5.91 Å². The molecule has 2 rings (SSSR count). The Morgan fingerprint density at radius 3 is 2.57 bits per heavy atom. The summed E-state index contributed by atoms with van der Waals surface area (Å²) in [4.78, 5) is 25.5. The van der Waals surface area contributed by atoms with Gasteiger partial charge < -0.3 is 10.0 Å². The van der Waals surface area contributed by atoms with Gasteiger partial charge in [0.15, 0.2) is 0 Å². The zero-order valence-corrected chi connectivity index (χ0v) is 11.9. The fourth-order valence-electron chi connectivity index (χ4n) is 1.95. The van der Waals surface area contributed by atoms with Gasteiger partial charge in [-0.2, -0.15) is 9.78 Å². The van der Waals surface area contributed by atoms with E-state index in [2.05, 4.69) is 5.10 Å². The van der Waals surface area contributed by atoms with Gasteiger partial charge in [-0.05, 0) is 25.1 Å². The Hall–Kier alpha value is -2.47. The van der Waals surface area contributed by atoms with Crippen LogP contribution in [0.1, 0.15) is 17.4 Å². The minimum atomic E-state index is -0.626. The topological polar surface area (TPSA) is 75.4 Å². The van der Waals surface area contributed by atoms with Gasteiger partial charge >= 0.3 is 0 Å². The van der Waals surface area contributed by atoms with E-state index in [0.29, 0.717) is 5.69 Å². The molecule has 1 N–H and O–H groups in total. The Bertz CT molecular complexity index is 680. The van der Waals surface area contributed by atoms with Crippen LogP contribution in [-0.4, -0.2) is 45.4 Å². The summed E-state index contributed by atoms with van der Waals surface area (Å²) in [6.07, 6.45) is -0.626. The SMILES string of the molecule is CC(O)CN(C)C(=O)c1ccc(=O)n(-c2ccccc2)n1. The minimum absolute atomic E-state index is 0.154. The molecule has 6 nitrogen and oxygen atoms in total. The molecule has 1 aromatic carbocycles. The minimum Gasteiger partial charge on any atom is -0.392 e. The number of hydrogen-bond acceptors (Lipinski definition) is 4. The Labute approximate surface area is 122 Å². The number of aliphatic hydroxyl groups is 1. The molecule has 0 bridgehead atoms. The first-order valence-corrected chi connectivity index (χ1v) is 6.58. The predicted molar refractivity (Wildman–Crippen MR) is 78.5 cm³/mol. The average Bonchev–Trinajstić information content (AvgIpc) is 2.47. The van der Waals surface area contributed by atoms with Crippen LogP contribution in [0, 0.1) is 0 Å². The van der Waals surface area contributed by atoms with Gasteiger partial charge in [-0.15, -0.1) is 0 Å². The third kappa shape index (κ3) is 3.55. The number of nitrogens with zero attached hydrogens (tertiary/aromatic N) is 3. The van der Waals surface area contributed by atoms with E-state index in [1.807, 2.05) is 6.07 Å². The molecule has 6 heteroatoms. The summed E-state index contributed by atoms with van der Waals surface area (Å²) in [6, 6.07) is 11.6. The van der Waals surface area contributed by atoms with Gasteiger partial charge in [-0.1, -0.05) is 18.2 Å². The van der Waals surface area contributed by atoms with E-state index in [9.17, 15) is 14.7 Å². The van der Waals surface area contributed by atoms with Gasteiger partial charge in [0, 0.05) is 19.7 Å². The van der Waals surface area contributed by atoms with Crippen molar-refractivity contribution in [1.29, 1.82) is 0 Å². The number of aliphatic hydroxyl groups excluding tert-OH is 1. The van der Waals surface area contributed by atoms with Gasteiger partial charge in [0.1, 0.15) is 5.69 Å². The number of carbonyl (C=O) groups is 1. The van der Waals surface area contributed by atoms with Crippen LogP contribution in [0.2, 0.25) is 0 Å². The van der Waals surface area contributed by atoms with Gasteiger partial charge in [0.05, 0.1) is 11.8 Å². The van der Waals surface area contributed by atoms with Crippen molar-refractivity contribution in [2.75, 3.05) is 13.6 Å². The molecule has 0 aliphatic rings. The highest BCUT2D eigenvalue weighted by Crippen LogP contribution is 2.04. The zero-order valence-electron chi connectivity index (χ0n) is 11.9. The second-order valence-corrected chi connectivity index (χ2v) is 4.84. The van der Waals surface area contributed by atoms with Crippen LogP contribution in [0.15, 0.2) is 47.3 Å². The summed E-state index contributed by atoms with van der Waals surface area (Å²) >= 11 is 0. The smallest absolute Gasteiger partial charge is 0.274 e. The molecular formula is C15H17N3O3. The molecular weight excluding hydrogens is 270 g/mol. The number of rotatable bonds is 4. The first-order valence-electron chi connectivity index (χ1n) is 6.58. The molecule has 0 fully saturated rings. The number of aromatic nitrogens is 2. The number of benzene rings is 1. The van der Waals surface area contributed by atoms with Crippen molar-refractivity contribution in [3.05, 3.63) is 58.5 Å². The van der Waals surface area contributed by atoms with Crippen molar-refractivity contribution in [2.24, 2.45) is 0 Å². The molecule has 1 atom stereocenters. The van der Waals surface area contributed by atoms with Gasteiger partial charge in [-0.3, -0.25) is 9.59 Å². The molecule has 0 saturated carbocycles. The van der Waals surface area contributed by atoms with Crippen molar-refractivity contribution in [3.63, 3.8) is 0 Å². The summed E-state index contributed by atoms with van der Waals surface area (Å²) < 4.78 is 1.18. The molecule has 0 saturated heterocycles. The summed E-state index contributed by atoms with van der Waals surface area (Å²) in [7, 11) is 1.58. The standard InChI is InChI=1S/C15H17N3O3/c1-11(19)10-17(2)15(21)13-8-9-14(20)18(16-13)12-6-4-3-5-7-12/h3-9,11,19H,10H2,1-2H3. The third-order valence-electron chi connectivity index (χ3n) is 2.90. The number of para-hydroxylation sites is 1. The highest BCUT2D eigenvalue weighted by Gasteiger charge is 2.16. The van der Waals surface area contributed by atoms with Crippen molar-refractivity contribution in [2.45, 2.75) is 13.0 Å². The lowest BCUT2D eigenvalue weighted by Crippen LogP contribution is -2.35. The maximum atomic E-state index is 12.2. The molecule has 0 radical (unpaired) electrons. The summed E-state index contributed by atoms with van der Waals surface area (Å²) in [5.41, 5.74) is 0.438. The van der Waals surface area contributed by atoms with Gasteiger partial charge in [0.25, 0.3) is 11.5 Å². The second kappa shape index (κ2) is 6.32. The maximum Gasteiger partial charge on any atom is 0.274 e. The number of carbonyl (C=O) groups excluding carboxylic acids is 1. The van der Waals surface area contributed by atoms with Crippen molar-refractivity contribution < 1.29 is 9.90 Å². The van der Waals surface area contributed by atoms with E-state index in [1.165, 1.54) is 21.7 Å². The number of amides is 1. The summed E-state index contributed by atoms with van der Waals surface area (Å²) in [5, 5.41) is 13.4. The van der Waals surface area contributed by atoms with E-state index in [0.717, 1.165) is 0 Å². The van der Waals surface area contributed by atoms with Crippen molar-refractivity contribution in [1.82, 2.24) is 14.7 Å². The molecule has 21 heavy (non-hydrogen) atoms. The van der Waals surface area contributed by atoms with Crippen LogP contribution in [0.3, 0.4) is 0 Å². The second-order valence-electron chi connectivity index (χ2n) is 4.84. The number of hydrogen-bond donors (Lipinski definition) is 1. The molecule has 1 amide bonds. The fourth-order valence-corrected chi connectivity index (χ4v) is 1.95. The lowest BCUT2D eigenvalue weighted by Gasteiger charge is -2.18. The van der Waals surface area contributed by atoms with Crippen LogP contribution in [0.5, 0.6) is 0 Å². The Morgan fingerprint density at radius 1 is 1.29 bits per heavy atom. The lowest BCUT2D eigenvalue weighted by molar-refractivity contribution is 0.0696. The van der Waals surface area contributed by atoms with Crippen LogP contribution >= 0.6 is 0 Å². The highest BCUT2D eigenvalue weighted by molar-refractivity contribution is 5.91. The van der Waals surface area contributed by atoms with Crippen molar-refractivity contribution in [3.8, 4) is 5.69 Å². The maximum absolute atomic E-state index is 12.2. The molecule has 0 aliphatic carbocycles. The molecule has 1 heterocycles. The van der Waals surface area contributed by atoms with Gasteiger partial charge in [0.2, 0.25) is 0 Å². The monoisotopic (exact) mass is 287 g/mol. The average molecular weight is 287 g/mol. The van der Waals surface area contributed by atoms with Crippen LogP contribution < -0.4 is 5.56 Å². The van der Waals surface area contributed by atoms with E-state index < -0.39 is 6.10 Å². The Kier molecular flexibility index (Phi) is 4.49. The predicted octanol–water partition coefficient (Wildman–Crippen LogP) is 0.685. The first kappa shape index (κ1) is 14.9. The Balaban J connectivity index is 2.35. The number of likely N-dealkylation sites (N-methyl/N-ethyl adjacent to an activating group) is 1. The molecule has 1 aromatic heterocycles. The van der Waals surface area contributed by atoms with E-state index in [1.54, 1.807) is 38.2 Å². The molecule has 110 valence electrons. The summed E-state index contributed by atoms with van der Waals surface area (Å²) in [5.74, 6) is -0.347. The first-order chi connectivity index (χ1) is 9.99. The fraction of sp³-hybridized carbons (Fsp3) is 0.267. The largest absolute Gasteiger partial charge is 0.392 e. The molecule has 2 aromatic rings. The molecule has 1 unspecified atom stereocenters. The zero-order chi connectivity index (χ0) is 15.4. The van der Waals surface area contributed by atoms with Crippen LogP contribution in [0.4, 0.5) is 0 Å². The lowest BCUT2D eigenvalue weighted by atomic mass is 10.3. The van der Waals surface area contributed by atoms with Crippen LogP contribution in [0.25, 0.3) is 5.69 Å². The van der Waals surface area contributed by atoms with E-state index in [-0.39, 0.29) is 23.7 Å². The van der Waals surface area contributed by atoms with E-state index >= 15 is 0 Å². The third-order valence-corrected chi connectivity index (χ3v) is 2.90. The quantitative estimate of drug-likeness (QED) is 0.897. The van der Waals surface area contributed by atoms with Crippen LogP contribution in [-0.2, 0) is 0 Å². The summed E-state index contributed by atoms with van der Waals surface area (Å²) in [6.45, 7) is 1.80. The van der Waals surface area contributed by atoms with Gasteiger partial charge in [-0.25, -0.2) is 0 Å². The highest BCUT2D eigenvalue weighted by atomic mass is 16.3. The van der Waals surface area contributed by atoms with E-state index in [4.69, 9.17) is 0 Å². The Morgan fingerprint density at radius 2 is 1.95 bits per heavy atom. The molecule has 0 aliphatic heterocycles. The molecule has 0 spiro atoms.